The largest absolute Gasteiger partial charge is 0.446 e. The number of piperazine rings is 1. The van der Waals surface area contributed by atoms with Crippen LogP contribution in [0, 0.1) is 0 Å². The topological polar surface area (TPSA) is 98.8 Å². The fraction of sp³-hybridized carbons (Fsp3) is 0.529. The summed E-state index contributed by atoms with van der Waals surface area (Å²) in [5.74, 6) is -0.101. The molecule has 2 aliphatic rings. The van der Waals surface area contributed by atoms with Crippen molar-refractivity contribution < 1.29 is 45.5 Å². The molecule has 2 N–H and O–H groups in total. The minimum absolute atomic E-state index is 0.00487. The van der Waals surface area contributed by atoms with E-state index in [0.29, 0.717) is 37.0 Å². The molecule has 8 nitrogen and oxygen atoms in total. The Hall–Kier alpha value is -3.49. The second kappa shape index (κ2) is 20.2. The lowest BCUT2D eigenvalue weighted by Crippen LogP contribution is -2.57. The van der Waals surface area contributed by atoms with Gasteiger partial charge in [0.25, 0.3) is 0 Å². The lowest BCUT2D eigenvalue weighted by atomic mass is 10.0. The molecule has 272 valence electrons. The van der Waals surface area contributed by atoms with Crippen LogP contribution in [0.2, 0.25) is 5.02 Å². The summed E-state index contributed by atoms with van der Waals surface area (Å²) in [6, 6.07) is 15.7. The molecule has 1 saturated heterocycles. The van der Waals surface area contributed by atoms with Crippen molar-refractivity contribution in [3.8, 4) is 0 Å². The molecule has 2 aliphatic heterocycles. The number of halogens is 7. The van der Waals surface area contributed by atoms with E-state index in [9.17, 15) is 35.9 Å². The van der Waals surface area contributed by atoms with Crippen LogP contribution in [0.3, 0.4) is 0 Å². The van der Waals surface area contributed by atoms with Gasteiger partial charge in [0, 0.05) is 62.7 Å². The van der Waals surface area contributed by atoms with E-state index < -0.39 is 31.0 Å². The van der Waals surface area contributed by atoms with E-state index in [1.54, 1.807) is 0 Å². The van der Waals surface area contributed by atoms with Crippen molar-refractivity contribution in [1.29, 1.82) is 0 Å². The van der Waals surface area contributed by atoms with Crippen molar-refractivity contribution in [1.82, 2.24) is 20.4 Å². The van der Waals surface area contributed by atoms with Crippen LogP contribution in [-0.4, -0.2) is 84.8 Å². The highest BCUT2D eigenvalue weighted by Crippen LogP contribution is 2.27. The van der Waals surface area contributed by atoms with Crippen molar-refractivity contribution in [2.75, 3.05) is 26.2 Å². The van der Waals surface area contributed by atoms with Gasteiger partial charge in [0.05, 0.1) is 0 Å². The summed E-state index contributed by atoms with van der Waals surface area (Å²) >= 11 is 6.08. The zero-order valence-electron chi connectivity index (χ0n) is 27.5. The van der Waals surface area contributed by atoms with Gasteiger partial charge in [-0.1, -0.05) is 74.7 Å². The molecule has 0 bridgehead atoms. The lowest BCUT2D eigenvalue weighted by molar-refractivity contribution is -0.156. The van der Waals surface area contributed by atoms with Gasteiger partial charge in [-0.3, -0.25) is 24.1 Å². The minimum atomic E-state index is -4.64. The Kier molecular flexibility index (Phi) is 17.2. The zero-order valence-corrected chi connectivity index (χ0v) is 28.2. The normalized spacial score (nSPS) is 16.8. The van der Waals surface area contributed by atoms with E-state index in [1.807, 2.05) is 41.3 Å². The van der Waals surface area contributed by atoms with Gasteiger partial charge in [0.2, 0.25) is 24.4 Å². The smallest absolute Gasteiger partial charge is 0.344 e. The summed E-state index contributed by atoms with van der Waals surface area (Å²) in [6.45, 7) is 8.43. The van der Waals surface area contributed by atoms with Crippen LogP contribution >= 0.6 is 11.6 Å². The average Bonchev–Trinajstić information content (AvgIpc) is 3.47. The van der Waals surface area contributed by atoms with Gasteiger partial charge in [-0.25, -0.2) is 0 Å². The number of rotatable bonds is 11. The molecule has 0 aromatic heterocycles. The maximum Gasteiger partial charge on any atom is 0.446 e. The van der Waals surface area contributed by atoms with E-state index >= 15 is 0 Å². The van der Waals surface area contributed by atoms with Gasteiger partial charge in [-0.2, -0.15) is 26.3 Å². The van der Waals surface area contributed by atoms with Crippen LogP contribution in [0.25, 0.3) is 0 Å². The molecule has 15 heteroatoms. The Balaban J connectivity index is 0.000000594. The summed E-state index contributed by atoms with van der Waals surface area (Å²) in [5, 5.41) is 7.19. The molecule has 0 radical (unpaired) electrons. The predicted molar refractivity (Wildman–Crippen MR) is 174 cm³/mol. The molecule has 2 amide bonds. The van der Waals surface area contributed by atoms with Crippen LogP contribution in [0.1, 0.15) is 68.7 Å². The maximum absolute atomic E-state index is 13.7. The standard InChI is InChI=1S/C30H41ClN4O2.2C2HF3O/c1-3-7-25(8-4-2)34-15-17-35(18-16-34)30(37)28(19-22-11-13-24(31)14-12-22)33-29(36)20-27-26-10-6-5-9-23(26)21-32-27;2*3-2(4,5)1-6/h5-6,9-14,25,27-28,32H,3-4,7-8,15-21H2,1-2H3,(H,33,36);2*1H/t27?,28-;;/m1../s1. The predicted octanol–water partition coefficient (Wildman–Crippen LogP) is 6.21. The van der Waals surface area contributed by atoms with Crippen LogP contribution < -0.4 is 10.6 Å². The van der Waals surface area contributed by atoms with Gasteiger partial charge in [0.1, 0.15) is 6.04 Å². The Labute approximate surface area is 287 Å². The highest BCUT2D eigenvalue weighted by molar-refractivity contribution is 6.30. The van der Waals surface area contributed by atoms with Gasteiger partial charge in [-0.15, -0.1) is 0 Å². The molecular weight excluding hydrogens is 678 g/mol. The van der Waals surface area contributed by atoms with Gasteiger partial charge in [0.15, 0.2) is 0 Å². The van der Waals surface area contributed by atoms with E-state index in [4.69, 9.17) is 21.2 Å². The molecule has 0 saturated carbocycles. The van der Waals surface area contributed by atoms with E-state index in [2.05, 4.69) is 41.5 Å². The van der Waals surface area contributed by atoms with E-state index in [1.165, 1.54) is 36.8 Å². The Morgan fingerprint density at radius 2 is 1.43 bits per heavy atom. The third kappa shape index (κ3) is 15.3. The number of nitrogens with zero attached hydrogens (tertiary/aromatic N) is 2. The van der Waals surface area contributed by atoms with Crippen molar-refractivity contribution >= 4 is 36.0 Å². The maximum atomic E-state index is 13.7. The molecule has 49 heavy (non-hydrogen) atoms. The number of nitrogens with one attached hydrogen (secondary N) is 2. The second-order valence-corrected chi connectivity index (χ2v) is 12.1. The summed E-state index contributed by atoms with van der Waals surface area (Å²) in [7, 11) is 0. The number of amides is 2. The number of carbonyl (C=O) groups is 4. The third-order valence-corrected chi connectivity index (χ3v) is 8.25. The summed E-state index contributed by atoms with van der Waals surface area (Å²) in [4.78, 5) is 48.8. The molecule has 1 unspecified atom stereocenters. The lowest BCUT2D eigenvalue weighted by Gasteiger charge is -2.40. The molecule has 0 aliphatic carbocycles. The third-order valence-electron chi connectivity index (χ3n) is 8.00. The second-order valence-electron chi connectivity index (χ2n) is 11.7. The van der Waals surface area contributed by atoms with Gasteiger partial charge < -0.3 is 15.5 Å². The van der Waals surface area contributed by atoms with Crippen molar-refractivity contribution in [3.63, 3.8) is 0 Å². The summed E-state index contributed by atoms with van der Waals surface area (Å²) in [5.41, 5.74) is 3.39. The van der Waals surface area contributed by atoms with Crippen LogP contribution in [0.4, 0.5) is 26.3 Å². The Bertz CT molecular complexity index is 1310. The van der Waals surface area contributed by atoms with Crippen LogP contribution in [0.15, 0.2) is 48.5 Å². The first-order valence-electron chi connectivity index (χ1n) is 16.0. The number of alkyl halides is 6. The zero-order chi connectivity index (χ0) is 36.6. The number of hydrogen-bond donors (Lipinski definition) is 2. The van der Waals surface area contributed by atoms with Crippen LogP contribution in [0.5, 0.6) is 0 Å². The molecule has 2 atom stereocenters. The molecule has 2 heterocycles. The number of carbonyl (C=O) groups excluding carboxylic acids is 4. The van der Waals surface area contributed by atoms with E-state index in [0.717, 1.165) is 25.2 Å². The molecule has 2 aromatic rings. The fourth-order valence-electron chi connectivity index (χ4n) is 5.76. The number of hydrogen-bond acceptors (Lipinski definition) is 6. The number of fused-ring (bicyclic) bond motifs is 1. The first-order chi connectivity index (χ1) is 23.1. The SMILES string of the molecule is CCCC(CCC)N1CCN(C(=O)[C@@H](Cc2ccc(Cl)cc2)NC(=O)CC2NCc3ccccc32)CC1.O=CC(F)(F)F.O=CC(F)(F)F. The molecule has 0 spiro atoms. The van der Waals surface area contributed by atoms with Gasteiger partial charge >= 0.3 is 12.4 Å². The minimum Gasteiger partial charge on any atom is -0.344 e. The van der Waals surface area contributed by atoms with Gasteiger partial charge in [-0.05, 0) is 41.7 Å². The summed E-state index contributed by atoms with van der Waals surface area (Å²) < 4.78 is 62.5. The quantitative estimate of drug-likeness (QED) is 0.212. The first kappa shape index (κ1) is 41.7. The van der Waals surface area contributed by atoms with Crippen molar-refractivity contribution in [2.24, 2.45) is 0 Å². The summed E-state index contributed by atoms with van der Waals surface area (Å²) in [6.07, 6.45) is -5.88. The fourth-order valence-corrected chi connectivity index (χ4v) is 5.89. The molecular formula is C34H43ClF6N4O4. The first-order valence-corrected chi connectivity index (χ1v) is 16.4. The van der Waals surface area contributed by atoms with Crippen LogP contribution in [-0.2, 0) is 32.1 Å². The average molecular weight is 721 g/mol. The Morgan fingerprint density at radius 1 is 0.898 bits per heavy atom. The molecule has 2 aromatic carbocycles. The monoisotopic (exact) mass is 720 g/mol. The Morgan fingerprint density at radius 3 is 1.94 bits per heavy atom. The molecule has 4 rings (SSSR count). The number of aldehydes is 2. The number of benzene rings is 2. The highest BCUT2D eigenvalue weighted by Gasteiger charge is 2.32. The van der Waals surface area contributed by atoms with E-state index in [-0.39, 0.29) is 17.9 Å². The molecule has 1 fully saturated rings. The van der Waals surface area contributed by atoms with Crippen molar-refractivity contribution in [2.45, 2.75) is 89.4 Å². The highest BCUT2D eigenvalue weighted by atomic mass is 35.5. The van der Waals surface area contributed by atoms with Crippen molar-refractivity contribution in [3.05, 3.63) is 70.2 Å².